The van der Waals surface area contributed by atoms with Crippen LogP contribution in [0.4, 0.5) is 0 Å². The lowest BCUT2D eigenvalue weighted by atomic mass is 10.1. The van der Waals surface area contributed by atoms with Crippen LogP contribution in [-0.4, -0.2) is 75.3 Å². The van der Waals surface area contributed by atoms with Crippen molar-refractivity contribution in [1.82, 2.24) is 29.5 Å². The SMILES string of the molecule is CCN1CCN(C(=O)c2cnn(-c3nccc(-c4cccc(OC)c4)n3)c2C2CC2)CC1. The van der Waals surface area contributed by atoms with E-state index in [1.165, 1.54) is 0 Å². The monoisotopic (exact) mass is 432 g/mol. The number of benzene rings is 1. The van der Waals surface area contributed by atoms with Gasteiger partial charge in [-0.1, -0.05) is 19.1 Å². The second-order valence-corrected chi connectivity index (χ2v) is 8.33. The average molecular weight is 433 g/mol. The molecule has 1 aliphatic carbocycles. The molecule has 0 bridgehead atoms. The molecule has 166 valence electrons. The van der Waals surface area contributed by atoms with Gasteiger partial charge in [0, 0.05) is 43.9 Å². The van der Waals surface area contributed by atoms with Gasteiger partial charge in [-0.3, -0.25) is 4.79 Å². The zero-order valence-corrected chi connectivity index (χ0v) is 18.6. The van der Waals surface area contributed by atoms with Crippen molar-refractivity contribution in [3.63, 3.8) is 0 Å². The van der Waals surface area contributed by atoms with Crippen molar-refractivity contribution in [3.8, 4) is 23.0 Å². The van der Waals surface area contributed by atoms with E-state index in [2.05, 4.69) is 21.9 Å². The van der Waals surface area contributed by atoms with Gasteiger partial charge in [0.05, 0.1) is 30.3 Å². The Morgan fingerprint density at radius 1 is 1.16 bits per heavy atom. The number of likely N-dealkylation sites (N-methyl/N-ethyl adjacent to an activating group) is 1. The number of rotatable bonds is 6. The molecule has 0 unspecified atom stereocenters. The summed E-state index contributed by atoms with van der Waals surface area (Å²) in [5.74, 6) is 1.66. The molecule has 5 rings (SSSR count). The minimum Gasteiger partial charge on any atom is -0.497 e. The fourth-order valence-electron chi connectivity index (χ4n) is 4.26. The van der Waals surface area contributed by atoms with Crippen LogP contribution in [0.1, 0.15) is 41.7 Å². The molecule has 32 heavy (non-hydrogen) atoms. The van der Waals surface area contributed by atoms with Gasteiger partial charge in [0.15, 0.2) is 0 Å². The molecule has 1 amide bonds. The maximum atomic E-state index is 13.4. The maximum Gasteiger partial charge on any atom is 0.257 e. The van der Waals surface area contributed by atoms with Crippen molar-refractivity contribution in [2.24, 2.45) is 0 Å². The number of piperazine rings is 1. The van der Waals surface area contributed by atoms with E-state index in [0.717, 1.165) is 68.3 Å². The maximum absolute atomic E-state index is 13.4. The number of methoxy groups -OCH3 is 1. The van der Waals surface area contributed by atoms with Crippen LogP contribution < -0.4 is 4.74 Å². The highest BCUT2D eigenvalue weighted by atomic mass is 16.5. The van der Waals surface area contributed by atoms with Crippen LogP contribution in [0.3, 0.4) is 0 Å². The van der Waals surface area contributed by atoms with Crippen LogP contribution in [0.5, 0.6) is 5.75 Å². The van der Waals surface area contributed by atoms with E-state index in [-0.39, 0.29) is 5.91 Å². The average Bonchev–Trinajstić information content (AvgIpc) is 3.61. The number of carbonyl (C=O) groups excluding carboxylic acids is 1. The smallest absolute Gasteiger partial charge is 0.257 e. The van der Waals surface area contributed by atoms with Gasteiger partial charge in [-0.2, -0.15) is 5.10 Å². The van der Waals surface area contributed by atoms with Gasteiger partial charge in [0.2, 0.25) is 0 Å². The molecule has 1 aliphatic heterocycles. The highest BCUT2D eigenvalue weighted by molar-refractivity contribution is 5.95. The predicted octanol–water partition coefficient (Wildman–Crippen LogP) is 2.99. The van der Waals surface area contributed by atoms with E-state index in [1.807, 2.05) is 35.2 Å². The Bertz CT molecular complexity index is 1120. The Hall–Kier alpha value is -3.26. The van der Waals surface area contributed by atoms with Crippen LogP contribution in [-0.2, 0) is 0 Å². The standard InChI is InChI=1S/C24H28N6O2/c1-3-28-11-13-29(14-12-28)23(31)20-16-26-30(22(20)17-7-8-17)24-25-10-9-21(27-24)18-5-4-6-19(15-18)32-2/h4-6,9-10,15-17H,3,7-8,11-14H2,1-2H3. The molecule has 1 saturated heterocycles. The van der Waals surface area contributed by atoms with Crippen molar-refractivity contribution >= 4 is 5.91 Å². The van der Waals surface area contributed by atoms with E-state index in [1.54, 1.807) is 24.2 Å². The van der Waals surface area contributed by atoms with Gasteiger partial charge >= 0.3 is 0 Å². The number of ether oxygens (including phenoxy) is 1. The van der Waals surface area contributed by atoms with Crippen molar-refractivity contribution < 1.29 is 9.53 Å². The number of carbonyl (C=O) groups is 1. The number of hydrogen-bond acceptors (Lipinski definition) is 6. The molecule has 2 aromatic heterocycles. The van der Waals surface area contributed by atoms with Crippen LogP contribution >= 0.6 is 0 Å². The summed E-state index contributed by atoms with van der Waals surface area (Å²) < 4.78 is 7.11. The van der Waals surface area contributed by atoms with Crippen LogP contribution in [0.15, 0.2) is 42.7 Å². The van der Waals surface area contributed by atoms with Gasteiger partial charge in [-0.15, -0.1) is 0 Å². The Morgan fingerprint density at radius 2 is 1.97 bits per heavy atom. The first kappa shape index (κ1) is 20.6. The van der Waals surface area contributed by atoms with Gasteiger partial charge in [-0.25, -0.2) is 14.6 Å². The van der Waals surface area contributed by atoms with Crippen molar-refractivity contribution in [2.45, 2.75) is 25.7 Å². The quantitative estimate of drug-likeness (QED) is 0.596. The molecule has 1 aromatic carbocycles. The summed E-state index contributed by atoms with van der Waals surface area (Å²) in [6.45, 7) is 6.52. The minimum atomic E-state index is 0.0675. The van der Waals surface area contributed by atoms with Gasteiger partial charge in [0.25, 0.3) is 11.9 Å². The summed E-state index contributed by atoms with van der Waals surface area (Å²) in [7, 11) is 1.65. The zero-order valence-electron chi connectivity index (χ0n) is 18.6. The van der Waals surface area contributed by atoms with Gasteiger partial charge < -0.3 is 14.5 Å². The molecular formula is C24H28N6O2. The van der Waals surface area contributed by atoms with E-state index in [4.69, 9.17) is 9.72 Å². The summed E-state index contributed by atoms with van der Waals surface area (Å²) in [6, 6.07) is 9.65. The fourth-order valence-corrected chi connectivity index (χ4v) is 4.26. The number of amides is 1. The van der Waals surface area contributed by atoms with Crippen molar-refractivity contribution in [2.75, 3.05) is 39.8 Å². The molecule has 3 heterocycles. The summed E-state index contributed by atoms with van der Waals surface area (Å²) in [4.78, 5) is 26.9. The Kier molecular flexibility index (Phi) is 5.61. The number of nitrogens with zero attached hydrogens (tertiary/aromatic N) is 6. The van der Waals surface area contributed by atoms with Crippen molar-refractivity contribution in [3.05, 3.63) is 54.0 Å². The third-order valence-electron chi connectivity index (χ3n) is 6.31. The van der Waals surface area contributed by atoms with E-state index in [9.17, 15) is 4.79 Å². The molecule has 3 aromatic rings. The molecule has 0 radical (unpaired) electrons. The molecule has 0 N–H and O–H groups in total. The second kappa shape index (κ2) is 8.70. The molecule has 1 saturated carbocycles. The van der Waals surface area contributed by atoms with Crippen molar-refractivity contribution in [1.29, 1.82) is 0 Å². The Labute approximate surface area is 187 Å². The Morgan fingerprint density at radius 3 is 2.69 bits per heavy atom. The van der Waals surface area contributed by atoms with Crippen LogP contribution in [0.25, 0.3) is 17.2 Å². The number of hydrogen-bond donors (Lipinski definition) is 0. The Balaban J connectivity index is 1.46. The third-order valence-corrected chi connectivity index (χ3v) is 6.31. The summed E-state index contributed by atoms with van der Waals surface area (Å²) >= 11 is 0. The lowest BCUT2D eigenvalue weighted by Crippen LogP contribution is -2.48. The largest absolute Gasteiger partial charge is 0.497 e. The van der Waals surface area contributed by atoms with E-state index in [0.29, 0.717) is 17.4 Å². The second-order valence-electron chi connectivity index (χ2n) is 8.33. The molecule has 0 atom stereocenters. The minimum absolute atomic E-state index is 0.0675. The van der Waals surface area contributed by atoms with Crippen LogP contribution in [0.2, 0.25) is 0 Å². The first-order valence-electron chi connectivity index (χ1n) is 11.3. The third kappa shape index (κ3) is 3.98. The molecule has 8 nitrogen and oxygen atoms in total. The van der Waals surface area contributed by atoms with Gasteiger partial charge in [-0.05, 0) is 37.6 Å². The highest BCUT2D eigenvalue weighted by Crippen LogP contribution is 2.42. The lowest BCUT2D eigenvalue weighted by Gasteiger charge is -2.34. The molecule has 0 spiro atoms. The first-order chi connectivity index (χ1) is 15.7. The predicted molar refractivity (Wildman–Crippen MR) is 121 cm³/mol. The topological polar surface area (TPSA) is 76.4 Å². The molecule has 2 aliphatic rings. The molecular weight excluding hydrogens is 404 g/mol. The highest BCUT2D eigenvalue weighted by Gasteiger charge is 2.35. The fraction of sp³-hybridized carbons (Fsp3) is 0.417. The normalized spacial score (nSPS) is 16.9. The molecule has 8 heteroatoms. The van der Waals surface area contributed by atoms with E-state index < -0.39 is 0 Å². The summed E-state index contributed by atoms with van der Waals surface area (Å²) in [5, 5.41) is 4.57. The molecule has 2 fully saturated rings. The lowest BCUT2D eigenvalue weighted by molar-refractivity contribution is 0.0642. The summed E-state index contributed by atoms with van der Waals surface area (Å²) in [5.41, 5.74) is 3.36. The van der Waals surface area contributed by atoms with Gasteiger partial charge in [0.1, 0.15) is 5.75 Å². The zero-order chi connectivity index (χ0) is 22.1. The number of aromatic nitrogens is 4. The van der Waals surface area contributed by atoms with E-state index >= 15 is 0 Å². The summed E-state index contributed by atoms with van der Waals surface area (Å²) in [6.07, 6.45) is 5.56. The van der Waals surface area contributed by atoms with Crippen LogP contribution in [0, 0.1) is 0 Å². The first-order valence-corrected chi connectivity index (χ1v) is 11.3.